The molecule has 0 bridgehead atoms. The third kappa shape index (κ3) is 2.61. The average Bonchev–Trinajstić information content (AvgIpc) is 2.67. The number of aromatic nitrogens is 2. The molecule has 1 aromatic heterocycles. The Balaban J connectivity index is 2.69. The van der Waals surface area contributed by atoms with Crippen molar-refractivity contribution < 1.29 is 4.92 Å². The van der Waals surface area contributed by atoms with Gasteiger partial charge in [0.05, 0.1) is 15.6 Å². The van der Waals surface area contributed by atoms with E-state index in [-0.39, 0.29) is 16.8 Å². The van der Waals surface area contributed by atoms with Crippen LogP contribution in [0.3, 0.4) is 0 Å². The second-order valence-corrected chi connectivity index (χ2v) is 5.65. The predicted molar refractivity (Wildman–Crippen MR) is 79.3 cm³/mol. The SMILES string of the molecule is CC(C)c1nn(-c2ccc(Cl)cc2Cl)c(Cl)c1[N+](=O)[O-]. The van der Waals surface area contributed by atoms with E-state index in [1.54, 1.807) is 26.0 Å². The zero-order valence-electron chi connectivity index (χ0n) is 10.6. The van der Waals surface area contributed by atoms with Crippen LogP contribution in [-0.2, 0) is 0 Å². The molecule has 106 valence electrons. The van der Waals surface area contributed by atoms with Crippen molar-refractivity contribution in [2.45, 2.75) is 19.8 Å². The van der Waals surface area contributed by atoms with Crippen molar-refractivity contribution >= 4 is 40.5 Å². The normalized spacial score (nSPS) is 11.1. The number of nitrogens with zero attached hydrogens (tertiary/aromatic N) is 3. The Bertz CT molecular complexity index is 683. The van der Waals surface area contributed by atoms with Gasteiger partial charge in [-0.1, -0.05) is 48.7 Å². The van der Waals surface area contributed by atoms with Crippen molar-refractivity contribution in [3.63, 3.8) is 0 Å². The smallest absolute Gasteiger partial charge is 0.258 e. The van der Waals surface area contributed by atoms with Crippen LogP contribution in [0.15, 0.2) is 18.2 Å². The Morgan fingerprint density at radius 2 is 1.95 bits per heavy atom. The molecule has 0 spiro atoms. The van der Waals surface area contributed by atoms with E-state index in [9.17, 15) is 10.1 Å². The van der Waals surface area contributed by atoms with E-state index in [1.165, 1.54) is 10.7 Å². The summed E-state index contributed by atoms with van der Waals surface area (Å²) in [5.41, 5.74) is 0.551. The Labute approximate surface area is 130 Å². The number of benzene rings is 1. The molecule has 1 heterocycles. The number of halogens is 3. The summed E-state index contributed by atoms with van der Waals surface area (Å²) in [6, 6.07) is 4.75. The highest BCUT2D eigenvalue weighted by Crippen LogP contribution is 2.36. The number of nitro groups is 1. The summed E-state index contributed by atoms with van der Waals surface area (Å²) in [6.45, 7) is 3.61. The topological polar surface area (TPSA) is 61.0 Å². The minimum Gasteiger partial charge on any atom is -0.258 e. The molecule has 0 unspecified atom stereocenters. The van der Waals surface area contributed by atoms with Gasteiger partial charge in [0.15, 0.2) is 0 Å². The van der Waals surface area contributed by atoms with Crippen LogP contribution < -0.4 is 0 Å². The Hall–Kier alpha value is -1.30. The van der Waals surface area contributed by atoms with Gasteiger partial charge in [0.2, 0.25) is 5.15 Å². The fourth-order valence-corrected chi connectivity index (χ4v) is 2.56. The van der Waals surface area contributed by atoms with Crippen LogP contribution in [0, 0.1) is 10.1 Å². The standard InChI is InChI=1S/C12H10Cl3N3O2/c1-6(2)10-11(18(19)20)12(15)17(16-10)9-4-3-7(13)5-8(9)14/h3-6H,1-2H3. The maximum atomic E-state index is 11.1. The molecule has 2 aromatic rings. The largest absolute Gasteiger partial charge is 0.329 e. The van der Waals surface area contributed by atoms with Gasteiger partial charge in [-0.3, -0.25) is 10.1 Å². The van der Waals surface area contributed by atoms with Gasteiger partial charge in [0, 0.05) is 10.9 Å². The third-order valence-electron chi connectivity index (χ3n) is 2.70. The van der Waals surface area contributed by atoms with Crippen molar-refractivity contribution in [1.82, 2.24) is 9.78 Å². The van der Waals surface area contributed by atoms with E-state index >= 15 is 0 Å². The van der Waals surface area contributed by atoms with E-state index in [1.807, 2.05) is 0 Å². The van der Waals surface area contributed by atoms with Gasteiger partial charge in [0.25, 0.3) is 0 Å². The minimum atomic E-state index is -0.537. The third-order valence-corrected chi connectivity index (χ3v) is 3.58. The Morgan fingerprint density at radius 1 is 1.30 bits per heavy atom. The molecule has 0 N–H and O–H groups in total. The summed E-state index contributed by atoms with van der Waals surface area (Å²) in [6.07, 6.45) is 0. The molecule has 2 rings (SSSR count). The summed E-state index contributed by atoms with van der Waals surface area (Å²) < 4.78 is 1.26. The van der Waals surface area contributed by atoms with Crippen LogP contribution in [0.4, 0.5) is 5.69 Å². The van der Waals surface area contributed by atoms with Crippen LogP contribution >= 0.6 is 34.8 Å². The van der Waals surface area contributed by atoms with Crippen molar-refractivity contribution in [2.24, 2.45) is 0 Å². The molecule has 0 atom stereocenters. The van der Waals surface area contributed by atoms with Crippen molar-refractivity contribution in [1.29, 1.82) is 0 Å². The molecule has 0 saturated heterocycles. The van der Waals surface area contributed by atoms with E-state index in [0.717, 1.165) is 0 Å². The first kappa shape index (κ1) is 15.1. The minimum absolute atomic E-state index is 0.0806. The van der Waals surface area contributed by atoms with Gasteiger partial charge in [-0.2, -0.15) is 5.10 Å². The van der Waals surface area contributed by atoms with Crippen molar-refractivity contribution in [3.8, 4) is 5.69 Å². The van der Waals surface area contributed by atoms with Crippen LogP contribution in [0.25, 0.3) is 5.69 Å². The molecule has 0 radical (unpaired) electrons. The van der Waals surface area contributed by atoms with Crippen LogP contribution in [0.2, 0.25) is 15.2 Å². The molecule has 8 heteroatoms. The molecule has 0 saturated carbocycles. The first-order valence-electron chi connectivity index (χ1n) is 5.71. The molecule has 20 heavy (non-hydrogen) atoms. The molecular weight excluding hydrogens is 325 g/mol. The van der Waals surface area contributed by atoms with Crippen LogP contribution in [-0.4, -0.2) is 14.7 Å². The summed E-state index contributed by atoms with van der Waals surface area (Å²) in [7, 11) is 0. The second kappa shape index (κ2) is 5.60. The lowest BCUT2D eigenvalue weighted by molar-refractivity contribution is -0.385. The van der Waals surface area contributed by atoms with Gasteiger partial charge >= 0.3 is 5.69 Å². The molecule has 0 aliphatic heterocycles. The monoisotopic (exact) mass is 333 g/mol. The highest BCUT2D eigenvalue weighted by Gasteiger charge is 2.29. The van der Waals surface area contributed by atoms with E-state index in [4.69, 9.17) is 34.8 Å². The lowest BCUT2D eigenvalue weighted by Crippen LogP contribution is -1.99. The fourth-order valence-electron chi connectivity index (χ4n) is 1.78. The van der Waals surface area contributed by atoms with Crippen molar-refractivity contribution in [2.75, 3.05) is 0 Å². The number of hydrogen-bond acceptors (Lipinski definition) is 3. The lowest BCUT2D eigenvalue weighted by atomic mass is 10.1. The van der Waals surface area contributed by atoms with E-state index in [0.29, 0.717) is 21.4 Å². The number of hydrogen-bond donors (Lipinski definition) is 0. The maximum absolute atomic E-state index is 11.1. The maximum Gasteiger partial charge on any atom is 0.329 e. The van der Waals surface area contributed by atoms with Gasteiger partial charge in [-0.05, 0) is 18.2 Å². The molecule has 0 fully saturated rings. The van der Waals surface area contributed by atoms with Gasteiger partial charge in [-0.15, -0.1) is 0 Å². The fraction of sp³-hybridized carbons (Fsp3) is 0.250. The van der Waals surface area contributed by atoms with Gasteiger partial charge in [-0.25, -0.2) is 4.68 Å². The molecule has 0 aliphatic rings. The Morgan fingerprint density at radius 3 is 2.40 bits per heavy atom. The summed E-state index contributed by atoms with van der Waals surface area (Å²) >= 11 is 18.0. The molecule has 1 aromatic carbocycles. The number of rotatable bonds is 3. The highest BCUT2D eigenvalue weighted by molar-refractivity contribution is 6.36. The van der Waals surface area contributed by atoms with E-state index in [2.05, 4.69) is 5.10 Å². The zero-order valence-corrected chi connectivity index (χ0v) is 12.9. The molecule has 5 nitrogen and oxygen atoms in total. The van der Waals surface area contributed by atoms with E-state index < -0.39 is 4.92 Å². The lowest BCUT2D eigenvalue weighted by Gasteiger charge is -2.05. The average molecular weight is 335 g/mol. The summed E-state index contributed by atoms with van der Waals surface area (Å²) in [5.74, 6) is -0.139. The molecular formula is C12H10Cl3N3O2. The predicted octanol–water partition coefficient (Wildman–Crippen LogP) is 4.86. The van der Waals surface area contributed by atoms with Crippen LogP contribution in [0.1, 0.15) is 25.5 Å². The highest BCUT2D eigenvalue weighted by atomic mass is 35.5. The van der Waals surface area contributed by atoms with Crippen molar-refractivity contribution in [3.05, 3.63) is 49.2 Å². The molecule has 0 amide bonds. The first-order valence-corrected chi connectivity index (χ1v) is 6.84. The quantitative estimate of drug-likeness (QED) is 0.594. The summed E-state index contributed by atoms with van der Waals surface area (Å²) in [5, 5.41) is 16.0. The van der Waals surface area contributed by atoms with Gasteiger partial charge in [0.1, 0.15) is 5.69 Å². The zero-order chi connectivity index (χ0) is 15.0. The first-order chi connectivity index (χ1) is 9.32. The van der Waals surface area contributed by atoms with Crippen LogP contribution in [0.5, 0.6) is 0 Å². The Kier molecular flexibility index (Phi) is 4.22. The second-order valence-electron chi connectivity index (χ2n) is 4.44. The molecule has 0 aliphatic carbocycles. The van der Waals surface area contributed by atoms with Gasteiger partial charge < -0.3 is 0 Å². The summed E-state index contributed by atoms with van der Waals surface area (Å²) in [4.78, 5) is 10.6.